The van der Waals surface area contributed by atoms with Gasteiger partial charge in [-0.1, -0.05) is 89.8 Å². The van der Waals surface area contributed by atoms with E-state index in [-0.39, 0.29) is 0 Å². The molecule has 0 saturated carbocycles. The van der Waals surface area contributed by atoms with Crippen molar-refractivity contribution in [3.8, 4) is 0 Å². The molecule has 0 unspecified atom stereocenters. The van der Waals surface area contributed by atoms with Gasteiger partial charge in [-0.3, -0.25) is 0 Å². The van der Waals surface area contributed by atoms with Crippen LogP contribution >= 0.6 is 0 Å². The molecule has 0 radical (unpaired) electrons. The molecule has 0 aromatic carbocycles. The second-order valence-corrected chi connectivity index (χ2v) is 6.49. The fourth-order valence-corrected chi connectivity index (χ4v) is 2.33. The van der Waals surface area contributed by atoms with Gasteiger partial charge in [-0.15, -0.1) is 5.73 Å². The topological polar surface area (TPSA) is 0 Å². The summed E-state index contributed by atoms with van der Waals surface area (Å²) in [4.78, 5) is 0. The number of hydrogen-bond donors (Lipinski definition) is 0. The normalized spacial score (nSPS) is 12.4. The molecule has 0 saturated heterocycles. The van der Waals surface area contributed by atoms with Gasteiger partial charge in [0.1, 0.15) is 0 Å². The Morgan fingerprint density at radius 3 is 2.08 bits per heavy atom. The second kappa shape index (κ2) is 18.8. The van der Waals surface area contributed by atoms with Gasteiger partial charge in [0.05, 0.1) is 0 Å². The molecule has 0 atom stereocenters. The van der Waals surface area contributed by atoms with Crippen LogP contribution in [0.3, 0.4) is 0 Å². The van der Waals surface area contributed by atoms with Crippen molar-refractivity contribution in [3.63, 3.8) is 0 Å². The standard InChI is InChI=1S/C25H40/c1-5-9-13-15-18-22-25(21-17-14-10-6-2)23-24(19-12-8-4)20-16-11-7-3/h12,16-20,22-23H,5-11,13-15H2,1-4H3. The molecule has 0 nitrogen and oxygen atoms in total. The van der Waals surface area contributed by atoms with Crippen molar-refractivity contribution >= 4 is 0 Å². The summed E-state index contributed by atoms with van der Waals surface area (Å²) in [5.74, 6) is 0. The monoisotopic (exact) mass is 340 g/mol. The summed E-state index contributed by atoms with van der Waals surface area (Å²) in [5, 5.41) is 0. The van der Waals surface area contributed by atoms with Crippen LogP contribution in [0.15, 0.2) is 65.5 Å². The molecular formula is C25H40. The third-order valence-corrected chi connectivity index (χ3v) is 3.88. The maximum atomic E-state index is 3.50. The van der Waals surface area contributed by atoms with E-state index in [2.05, 4.69) is 82.0 Å². The van der Waals surface area contributed by atoms with Crippen molar-refractivity contribution in [3.05, 3.63) is 65.5 Å². The second-order valence-electron chi connectivity index (χ2n) is 6.49. The van der Waals surface area contributed by atoms with Crippen molar-refractivity contribution in [1.29, 1.82) is 0 Å². The highest BCUT2D eigenvalue weighted by Crippen LogP contribution is 2.10. The lowest BCUT2D eigenvalue weighted by molar-refractivity contribution is 0.729. The number of unbranched alkanes of at least 4 members (excludes halogenated alkanes) is 6. The van der Waals surface area contributed by atoms with Crippen LogP contribution in [-0.4, -0.2) is 0 Å². The van der Waals surface area contributed by atoms with Crippen molar-refractivity contribution in [2.75, 3.05) is 0 Å². The molecule has 0 aromatic rings. The van der Waals surface area contributed by atoms with Crippen LogP contribution < -0.4 is 0 Å². The highest BCUT2D eigenvalue weighted by Gasteiger charge is 1.91. The maximum Gasteiger partial charge on any atom is 0.0164 e. The Labute approximate surface area is 157 Å². The Kier molecular flexibility index (Phi) is 17.7. The van der Waals surface area contributed by atoms with E-state index >= 15 is 0 Å². The lowest BCUT2D eigenvalue weighted by Crippen LogP contribution is -1.78. The van der Waals surface area contributed by atoms with Gasteiger partial charge in [0, 0.05) is 5.57 Å². The highest BCUT2D eigenvalue weighted by atomic mass is 14.0. The summed E-state index contributed by atoms with van der Waals surface area (Å²) in [5.41, 5.74) is 5.95. The van der Waals surface area contributed by atoms with E-state index in [0.29, 0.717) is 0 Å². The zero-order valence-electron chi connectivity index (χ0n) is 17.2. The van der Waals surface area contributed by atoms with Gasteiger partial charge in [0.2, 0.25) is 0 Å². The number of hydrogen-bond acceptors (Lipinski definition) is 0. The molecule has 0 N–H and O–H groups in total. The summed E-state index contributed by atoms with van der Waals surface area (Å²) >= 11 is 0. The predicted molar refractivity (Wildman–Crippen MR) is 116 cm³/mol. The molecule has 0 aliphatic rings. The lowest BCUT2D eigenvalue weighted by Gasteiger charge is -1.98. The highest BCUT2D eigenvalue weighted by molar-refractivity contribution is 5.41. The van der Waals surface area contributed by atoms with E-state index in [1.807, 2.05) is 0 Å². The fraction of sp³-hybridized carbons (Fsp3) is 0.560. The Hall–Kier alpha value is -1.52. The van der Waals surface area contributed by atoms with Crippen LogP contribution in [0.1, 0.15) is 91.9 Å². The predicted octanol–water partition coefficient (Wildman–Crippen LogP) is 8.64. The zero-order chi connectivity index (χ0) is 18.6. The molecule has 0 rings (SSSR count). The molecule has 0 amide bonds. The third-order valence-electron chi connectivity index (χ3n) is 3.88. The minimum Gasteiger partial charge on any atom is -0.117 e. The fourth-order valence-electron chi connectivity index (χ4n) is 2.33. The van der Waals surface area contributed by atoms with Crippen LogP contribution in [0.25, 0.3) is 0 Å². The largest absolute Gasteiger partial charge is 0.117 e. The molecule has 25 heavy (non-hydrogen) atoms. The molecular weight excluding hydrogens is 300 g/mol. The van der Waals surface area contributed by atoms with E-state index in [0.717, 1.165) is 25.7 Å². The first-order valence-corrected chi connectivity index (χ1v) is 10.4. The molecule has 0 aliphatic carbocycles. The van der Waals surface area contributed by atoms with Crippen LogP contribution in [-0.2, 0) is 0 Å². The lowest BCUT2D eigenvalue weighted by atomic mass is 10.1. The molecule has 0 heterocycles. The quantitative estimate of drug-likeness (QED) is 0.168. The minimum absolute atomic E-state index is 1.07. The van der Waals surface area contributed by atoms with E-state index in [4.69, 9.17) is 0 Å². The Morgan fingerprint density at radius 2 is 1.40 bits per heavy atom. The van der Waals surface area contributed by atoms with E-state index < -0.39 is 0 Å². The Morgan fingerprint density at radius 1 is 0.680 bits per heavy atom. The Balaban J connectivity index is 5.27. The van der Waals surface area contributed by atoms with Gasteiger partial charge >= 0.3 is 0 Å². The molecule has 140 valence electrons. The van der Waals surface area contributed by atoms with Crippen LogP contribution in [0.4, 0.5) is 0 Å². The number of rotatable bonds is 14. The van der Waals surface area contributed by atoms with Crippen LogP contribution in [0, 0.1) is 0 Å². The van der Waals surface area contributed by atoms with E-state index in [9.17, 15) is 0 Å². The first-order chi connectivity index (χ1) is 12.3. The van der Waals surface area contributed by atoms with Gasteiger partial charge in [0.15, 0.2) is 0 Å². The van der Waals surface area contributed by atoms with E-state index in [1.54, 1.807) is 0 Å². The molecule has 0 heteroatoms. The van der Waals surface area contributed by atoms with Gasteiger partial charge in [-0.05, 0) is 56.3 Å². The molecule has 0 bridgehead atoms. The number of allylic oxidation sites excluding steroid dienone is 9. The summed E-state index contributed by atoms with van der Waals surface area (Å²) in [6, 6.07) is 0. The average molecular weight is 341 g/mol. The first kappa shape index (κ1) is 23.5. The molecule has 0 fully saturated rings. The maximum absolute atomic E-state index is 3.50. The first-order valence-electron chi connectivity index (χ1n) is 10.4. The van der Waals surface area contributed by atoms with Crippen molar-refractivity contribution in [1.82, 2.24) is 0 Å². The third kappa shape index (κ3) is 15.7. The summed E-state index contributed by atoms with van der Waals surface area (Å²) in [6.07, 6.45) is 30.0. The van der Waals surface area contributed by atoms with Gasteiger partial charge in [-0.2, -0.15) is 0 Å². The van der Waals surface area contributed by atoms with Gasteiger partial charge < -0.3 is 0 Å². The summed E-state index contributed by atoms with van der Waals surface area (Å²) < 4.78 is 0. The molecule has 0 spiro atoms. The molecule has 0 aromatic heterocycles. The average Bonchev–Trinajstić information content (AvgIpc) is 2.62. The SMILES string of the molecule is CCC=CC(C=CCCC)=CC(=C=CCCCC)C=CCCCCC. The zero-order valence-corrected chi connectivity index (χ0v) is 17.2. The Bertz CT molecular complexity index is 476. The van der Waals surface area contributed by atoms with Crippen LogP contribution in [0.2, 0.25) is 0 Å². The van der Waals surface area contributed by atoms with Gasteiger partial charge in [0.25, 0.3) is 0 Å². The van der Waals surface area contributed by atoms with Crippen molar-refractivity contribution in [2.45, 2.75) is 91.9 Å². The van der Waals surface area contributed by atoms with Crippen molar-refractivity contribution < 1.29 is 0 Å². The summed E-state index contributed by atoms with van der Waals surface area (Å²) in [6.45, 7) is 8.89. The van der Waals surface area contributed by atoms with Gasteiger partial charge in [-0.25, -0.2) is 0 Å². The van der Waals surface area contributed by atoms with Crippen molar-refractivity contribution in [2.24, 2.45) is 0 Å². The smallest absolute Gasteiger partial charge is 0.0164 e. The minimum atomic E-state index is 1.07. The van der Waals surface area contributed by atoms with E-state index in [1.165, 1.54) is 49.7 Å². The molecule has 0 aliphatic heterocycles. The van der Waals surface area contributed by atoms with Crippen LogP contribution in [0.5, 0.6) is 0 Å². The summed E-state index contributed by atoms with van der Waals surface area (Å²) in [7, 11) is 0.